The van der Waals surface area contributed by atoms with Crippen LogP contribution in [0.1, 0.15) is 48.6 Å². The standard InChI is InChI=1S/C27H23F4N3O2/c28-26-20-14-18(9-11-22(20)34(33-26)24-8-4-5-13-36-24)25(19-10-12-23(35)32-16-19)21(15-27(29,30)31)17-6-2-1-3-7-17/h1-3,6-7,9-12,14,16,24H,4-5,8,13,15H2,(H,32,35)/b25-21-. The minimum atomic E-state index is -4.50. The molecule has 0 aliphatic carbocycles. The van der Waals surface area contributed by atoms with Gasteiger partial charge in [0, 0.05) is 18.9 Å². The number of hydrogen-bond acceptors (Lipinski definition) is 3. The zero-order valence-corrected chi connectivity index (χ0v) is 19.2. The summed E-state index contributed by atoms with van der Waals surface area (Å²) < 4.78 is 63.7. The van der Waals surface area contributed by atoms with E-state index in [4.69, 9.17) is 4.74 Å². The van der Waals surface area contributed by atoms with E-state index in [1.54, 1.807) is 42.5 Å². The lowest BCUT2D eigenvalue weighted by Gasteiger charge is -2.23. The smallest absolute Gasteiger partial charge is 0.356 e. The maximum absolute atomic E-state index is 15.0. The normalized spacial score (nSPS) is 17.3. The molecule has 4 aromatic rings. The number of alkyl halides is 3. The summed E-state index contributed by atoms with van der Waals surface area (Å²) in [5.41, 5.74) is 1.51. The lowest BCUT2D eigenvalue weighted by molar-refractivity contribution is -0.122. The first-order valence-electron chi connectivity index (χ1n) is 11.6. The molecule has 1 unspecified atom stereocenters. The summed E-state index contributed by atoms with van der Waals surface area (Å²) in [6.07, 6.45) is -2.17. The largest absolute Gasteiger partial charge is 0.393 e. The van der Waals surface area contributed by atoms with E-state index in [0.717, 1.165) is 12.8 Å². The van der Waals surface area contributed by atoms with Gasteiger partial charge in [0.2, 0.25) is 11.5 Å². The van der Waals surface area contributed by atoms with E-state index in [-0.39, 0.29) is 22.1 Å². The number of halogens is 4. The fraction of sp³-hybridized carbons (Fsp3) is 0.259. The fourth-order valence-electron chi connectivity index (χ4n) is 4.65. The molecule has 0 radical (unpaired) electrons. The van der Waals surface area contributed by atoms with Crippen molar-refractivity contribution in [1.82, 2.24) is 14.8 Å². The predicted octanol–water partition coefficient (Wildman–Crippen LogP) is 6.47. The molecule has 1 fully saturated rings. The number of aromatic amines is 1. The van der Waals surface area contributed by atoms with Crippen molar-refractivity contribution >= 4 is 22.0 Å². The summed E-state index contributed by atoms with van der Waals surface area (Å²) >= 11 is 0. The van der Waals surface area contributed by atoms with E-state index >= 15 is 4.39 Å². The van der Waals surface area contributed by atoms with Crippen LogP contribution >= 0.6 is 0 Å². The number of pyridine rings is 1. The van der Waals surface area contributed by atoms with Gasteiger partial charge >= 0.3 is 6.18 Å². The van der Waals surface area contributed by atoms with Gasteiger partial charge in [0.25, 0.3) is 0 Å². The Morgan fingerprint density at radius 1 is 1.03 bits per heavy atom. The van der Waals surface area contributed by atoms with Crippen molar-refractivity contribution in [3.05, 3.63) is 99.9 Å². The van der Waals surface area contributed by atoms with Gasteiger partial charge in [-0.05, 0) is 65.3 Å². The zero-order valence-electron chi connectivity index (χ0n) is 19.2. The molecular weight excluding hydrogens is 474 g/mol. The number of hydrogen-bond donors (Lipinski definition) is 1. The van der Waals surface area contributed by atoms with Crippen molar-refractivity contribution in [2.45, 2.75) is 38.1 Å². The van der Waals surface area contributed by atoms with Crippen LogP contribution in [0, 0.1) is 5.95 Å². The molecule has 3 heterocycles. The number of aromatic nitrogens is 3. The van der Waals surface area contributed by atoms with Crippen LogP contribution < -0.4 is 5.56 Å². The third-order valence-corrected chi connectivity index (χ3v) is 6.25. The number of nitrogens with zero attached hydrogens (tertiary/aromatic N) is 2. The first kappa shape index (κ1) is 24.0. The van der Waals surface area contributed by atoms with Crippen molar-refractivity contribution in [3.63, 3.8) is 0 Å². The van der Waals surface area contributed by atoms with Crippen LogP contribution in [0.3, 0.4) is 0 Å². The summed E-state index contributed by atoms with van der Waals surface area (Å²) in [7, 11) is 0. The number of rotatable bonds is 5. The monoisotopic (exact) mass is 497 g/mol. The van der Waals surface area contributed by atoms with Gasteiger partial charge in [0.15, 0.2) is 6.23 Å². The molecule has 1 aliphatic rings. The molecule has 5 nitrogen and oxygen atoms in total. The molecule has 0 saturated carbocycles. The van der Waals surface area contributed by atoms with Crippen LogP contribution in [-0.4, -0.2) is 27.5 Å². The second-order valence-corrected chi connectivity index (χ2v) is 8.74. The van der Waals surface area contributed by atoms with Gasteiger partial charge < -0.3 is 9.72 Å². The van der Waals surface area contributed by atoms with E-state index in [0.29, 0.717) is 35.2 Å². The topological polar surface area (TPSA) is 59.9 Å². The van der Waals surface area contributed by atoms with Crippen molar-refractivity contribution in [2.75, 3.05) is 6.61 Å². The third kappa shape index (κ3) is 4.97. The number of allylic oxidation sites excluding steroid dienone is 1. The molecule has 2 aromatic heterocycles. The molecule has 9 heteroatoms. The molecule has 5 rings (SSSR count). The van der Waals surface area contributed by atoms with Crippen molar-refractivity contribution < 1.29 is 22.3 Å². The number of nitrogens with one attached hydrogen (secondary N) is 1. The Kier molecular flexibility index (Phi) is 6.49. The van der Waals surface area contributed by atoms with E-state index in [9.17, 15) is 18.0 Å². The lowest BCUT2D eigenvalue weighted by atomic mass is 9.88. The number of fused-ring (bicyclic) bond motifs is 1. The summed E-state index contributed by atoms with van der Waals surface area (Å²) in [4.78, 5) is 14.2. The fourth-order valence-corrected chi connectivity index (χ4v) is 4.65. The van der Waals surface area contributed by atoms with Crippen LogP contribution in [0.15, 0.2) is 71.7 Å². The molecule has 0 amide bonds. The minimum absolute atomic E-state index is 0.0120. The lowest BCUT2D eigenvalue weighted by Crippen LogP contribution is -2.19. The van der Waals surface area contributed by atoms with Gasteiger partial charge in [-0.15, -0.1) is 5.10 Å². The van der Waals surface area contributed by atoms with E-state index in [2.05, 4.69) is 10.1 Å². The Balaban J connectivity index is 1.74. The van der Waals surface area contributed by atoms with Crippen molar-refractivity contribution in [2.24, 2.45) is 0 Å². The summed E-state index contributed by atoms with van der Waals surface area (Å²) in [5.74, 6) is -0.723. The molecule has 0 bridgehead atoms. The Hall–Kier alpha value is -3.72. The SMILES string of the molecule is O=c1ccc(/C(=C(/CC(F)(F)F)c2ccccc2)c2ccc3c(c2)c(F)nn3C2CCCCO2)c[nH]1. The van der Waals surface area contributed by atoms with Crippen LogP contribution in [0.4, 0.5) is 17.6 Å². The quantitative estimate of drug-likeness (QED) is 0.254. The Labute approximate surface area is 204 Å². The second-order valence-electron chi connectivity index (χ2n) is 8.74. The molecule has 36 heavy (non-hydrogen) atoms. The van der Waals surface area contributed by atoms with Gasteiger partial charge in [-0.25, -0.2) is 4.68 Å². The molecule has 1 N–H and O–H groups in total. The van der Waals surface area contributed by atoms with Crippen molar-refractivity contribution in [1.29, 1.82) is 0 Å². The summed E-state index contributed by atoms with van der Waals surface area (Å²) in [6, 6.07) is 15.8. The van der Waals surface area contributed by atoms with E-state index in [1.807, 2.05) is 0 Å². The Morgan fingerprint density at radius 3 is 2.47 bits per heavy atom. The van der Waals surface area contributed by atoms with Crippen LogP contribution in [0.25, 0.3) is 22.0 Å². The van der Waals surface area contributed by atoms with Gasteiger partial charge in [0.1, 0.15) is 0 Å². The zero-order chi connectivity index (χ0) is 25.3. The molecule has 186 valence electrons. The molecule has 1 aliphatic heterocycles. The highest BCUT2D eigenvalue weighted by atomic mass is 19.4. The Bertz CT molecular complexity index is 1450. The second kappa shape index (κ2) is 9.73. The van der Waals surface area contributed by atoms with E-state index in [1.165, 1.54) is 29.1 Å². The Morgan fingerprint density at radius 2 is 1.81 bits per heavy atom. The maximum atomic E-state index is 15.0. The molecule has 1 atom stereocenters. The van der Waals surface area contributed by atoms with E-state index < -0.39 is 24.8 Å². The van der Waals surface area contributed by atoms with Gasteiger partial charge in [-0.3, -0.25) is 4.79 Å². The van der Waals surface area contributed by atoms with Gasteiger partial charge in [-0.2, -0.15) is 17.6 Å². The average molecular weight is 497 g/mol. The highest BCUT2D eigenvalue weighted by Gasteiger charge is 2.32. The van der Waals surface area contributed by atoms with Crippen LogP contribution in [0.5, 0.6) is 0 Å². The average Bonchev–Trinajstić information content (AvgIpc) is 3.21. The highest BCUT2D eigenvalue weighted by molar-refractivity contribution is 6.00. The molecule has 0 spiro atoms. The minimum Gasteiger partial charge on any atom is -0.356 e. The molecular formula is C27H23F4N3O2. The van der Waals surface area contributed by atoms with Crippen molar-refractivity contribution in [3.8, 4) is 0 Å². The first-order valence-corrected chi connectivity index (χ1v) is 11.6. The number of H-pyrrole nitrogens is 1. The molecule has 2 aromatic carbocycles. The highest BCUT2D eigenvalue weighted by Crippen LogP contribution is 2.40. The van der Waals surface area contributed by atoms with Crippen LogP contribution in [-0.2, 0) is 4.74 Å². The maximum Gasteiger partial charge on any atom is 0.393 e. The molecule has 1 saturated heterocycles. The summed E-state index contributed by atoms with van der Waals surface area (Å²) in [6.45, 7) is 0.558. The summed E-state index contributed by atoms with van der Waals surface area (Å²) in [5, 5.41) is 4.23. The predicted molar refractivity (Wildman–Crippen MR) is 129 cm³/mol. The van der Waals surface area contributed by atoms with Crippen LogP contribution in [0.2, 0.25) is 0 Å². The van der Waals surface area contributed by atoms with Gasteiger partial charge in [0.05, 0.1) is 17.3 Å². The third-order valence-electron chi connectivity index (χ3n) is 6.25. The van der Waals surface area contributed by atoms with Gasteiger partial charge in [-0.1, -0.05) is 36.4 Å². The number of benzene rings is 2. The number of ether oxygens (including phenoxy) is 1. The first-order chi connectivity index (χ1) is 17.3.